The van der Waals surface area contributed by atoms with E-state index in [9.17, 15) is 14.4 Å². The van der Waals surface area contributed by atoms with Gasteiger partial charge in [0.1, 0.15) is 10.7 Å². The van der Waals surface area contributed by atoms with E-state index in [0.29, 0.717) is 11.3 Å². The van der Waals surface area contributed by atoms with Gasteiger partial charge in [-0.2, -0.15) is 0 Å². The van der Waals surface area contributed by atoms with Crippen LogP contribution in [0, 0.1) is 0 Å². The highest BCUT2D eigenvalue weighted by atomic mass is 16.1. The van der Waals surface area contributed by atoms with Crippen molar-refractivity contribution in [1.82, 2.24) is 9.97 Å². The van der Waals surface area contributed by atoms with Crippen molar-refractivity contribution >= 4 is 23.2 Å². The summed E-state index contributed by atoms with van der Waals surface area (Å²) in [5.41, 5.74) is 2.14. The predicted molar refractivity (Wildman–Crippen MR) is 106 cm³/mol. The average Bonchev–Trinajstić information content (AvgIpc) is 2.65. The SMILES string of the molecule is CC(=O)Nc1ccc(/C(C)=c2\[nH]c(=O)/c(=C/c3ccccc3)[nH]c2=O)cc1. The Balaban J connectivity index is 2.07. The molecule has 0 aliphatic heterocycles. The van der Waals surface area contributed by atoms with Crippen LogP contribution in [-0.4, -0.2) is 15.9 Å². The molecule has 136 valence electrons. The lowest BCUT2D eigenvalue weighted by atomic mass is 10.1. The van der Waals surface area contributed by atoms with Gasteiger partial charge < -0.3 is 15.3 Å². The molecule has 0 saturated carbocycles. The second kappa shape index (κ2) is 7.70. The van der Waals surface area contributed by atoms with Gasteiger partial charge in [-0.05, 0) is 41.8 Å². The van der Waals surface area contributed by atoms with Crippen LogP contribution in [0.2, 0.25) is 0 Å². The number of aromatic amines is 2. The zero-order chi connectivity index (χ0) is 19.4. The normalized spacial score (nSPS) is 12.6. The van der Waals surface area contributed by atoms with Gasteiger partial charge in [0.2, 0.25) is 5.91 Å². The molecule has 0 spiro atoms. The van der Waals surface area contributed by atoms with E-state index < -0.39 is 0 Å². The number of benzene rings is 2. The number of H-pyrrole nitrogens is 2. The lowest BCUT2D eigenvalue weighted by Crippen LogP contribution is -2.47. The summed E-state index contributed by atoms with van der Waals surface area (Å²) in [6.07, 6.45) is 1.63. The molecular formula is C21H19N3O3. The largest absolute Gasteiger partial charge is 0.326 e. The first-order valence-corrected chi connectivity index (χ1v) is 8.42. The molecular weight excluding hydrogens is 342 g/mol. The summed E-state index contributed by atoms with van der Waals surface area (Å²) in [5.74, 6) is -0.158. The topological polar surface area (TPSA) is 94.8 Å². The third-order valence-corrected chi connectivity index (χ3v) is 4.08. The molecule has 1 aromatic heterocycles. The van der Waals surface area contributed by atoms with Crippen LogP contribution in [0.1, 0.15) is 25.0 Å². The Morgan fingerprint density at radius 3 is 2.19 bits per heavy atom. The predicted octanol–water partition coefficient (Wildman–Crippen LogP) is 1.07. The minimum absolute atomic E-state index is 0.158. The Morgan fingerprint density at radius 1 is 0.889 bits per heavy atom. The summed E-state index contributed by atoms with van der Waals surface area (Å²) >= 11 is 0. The van der Waals surface area contributed by atoms with E-state index in [0.717, 1.165) is 11.1 Å². The first kappa shape index (κ1) is 18.1. The number of hydrogen-bond donors (Lipinski definition) is 3. The minimum Gasteiger partial charge on any atom is -0.326 e. The summed E-state index contributed by atoms with van der Waals surface area (Å²) in [7, 11) is 0. The molecule has 0 bridgehead atoms. The van der Waals surface area contributed by atoms with E-state index in [2.05, 4.69) is 15.3 Å². The highest BCUT2D eigenvalue weighted by Crippen LogP contribution is 2.14. The van der Waals surface area contributed by atoms with Gasteiger partial charge in [-0.3, -0.25) is 14.4 Å². The van der Waals surface area contributed by atoms with Crippen molar-refractivity contribution < 1.29 is 4.79 Å². The maximum absolute atomic E-state index is 12.5. The van der Waals surface area contributed by atoms with E-state index >= 15 is 0 Å². The first-order valence-electron chi connectivity index (χ1n) is 8.42. The first-order chi connectivity index (χ1) is 12.9. The highest BCUT2D eigenvalue weighted by molar-refractivity contribution is 5.88. The molecule has 0 fully saturated rings. The molecule has 1 amide bonds. The van der Waals surface area contributed by atoms with Crippen LogP contribution in [-0.2, 0) is 4.79 Å². The molecule has 0 saturated heterocycles. The van der Waals surface area contributed by atoms with Crippen molar-refractivity contribution in [3.63, 3.8) is 0 Å². The van der Waals surface area contributed by atoms with Crippen LogP contribution in [0.5, 0.6) is 0 Å². The molecule has 2 aromatic carbocycles. The second-order valence-corrected chi connectivity index (χ2v) is 6.14. The van der Waals surface area contributed by atoms with Crippen molar-refractivity contribution in [3.8, 4) is 0 Å². The van der Waals surface area contributed by atoms with Gasteiger partial charge in [-0.1, -0.05) is 42.5 Å². The summed E-state index contributed by atoms with van der Waals surface area (Å²) in [6.45, 7) is 3.19. The molecule has 0 radical (unpaired) electrons. The monoisotopic (exact) mass is 361 g/mol. The second-order valence-electron chi connectivity index (χ2n) is 6.14. The molecule has 0 atom stereocenters. The third-order valence-electron chi connectivity index (χ3n) is 4.08. The van der Waals surface area contributed by atoms with Gasteiger partial charge >= 0.3 is 0 Å². The molecule has 3 rings (SSSR count). The fraction of sp³-hybridized carbons (Fsp3) is 0.0952. The van der Waals surface area contributed by atoms with Gasteiger partial charge in [-0.15, -0.1) is 0 Å². The lowest BCUT2D eigenvalue weighted by Gasteiger charge is -2.05. The number of anilines is 1. The summed E-state index contributed by atoms with van der Waals surface area (Å²) < 4.78 is 0. The summed E-state index contributed by atoms with van der Waals surface area (Å²) in [6, 6.07) is 16.3. The summed E-state index contributed by atoms with van der Waals surface area (Å²) in [4.78, 5) is 41.3. The van der Waals surface area contributed by atoms with Gasteiger partial charge in [0.25, 0.3) is 11.1 Å². The average molecular weight is 361 g/mol. The van der Waals surface area contributed by atoms with E-state index in [1.807, 2.05) is 30.3 Å². The number of amides is 1. The fourth-order valence-electron chi connectivity index (χ4n) is 2.71. The van der Waals surface area contributed by atoms with Gasteiger partial charge in [-0.25, -0.2) is 0 Å². The Morgan fingerprint density at radius 2 is 1.56 bits per heavy atom. The van der Waals surface area contributed by atoms with Gasteiger partial charge in [0.05, 0.1) is 0 Å². The number of hydrogen-bond acceptors (Lipinski definition) is 3. The van der Waals surface area contributed by atoms with Crippen molar-refractivity contribution in [1.29, 1.82) is 0 Å². The number of nitrogens with one attached hydrogen (secondary N) is 3. The number of carbonyl (C=O) groups excluding carboxylic acids is 1. The molecule has 1 heterocycles. The smallest absolute Gasteiger partial charge is 0.272 e. The Kier molecular flexibility index (Phi) is 5.17. The van der Waals surface area contributed by atoms with Crippen LogP contribution in [0.3, 0.4) is 0 Å². The van der Waals surface area contributed by atoms with Crippen LogP contribution >= 0.6 is 0 Å². The quantitative estimate of drug-likeness (QED) is 0.651. The fourth-order valence-corrected chi connectivity index (χ4v) is 2.71. The Bertz CT molecular complexity index is 1200. The van der Waals surface area contributed by atoms with E-state index in [1.54, 1.807) is 37.3 Å². The van der Waals surface area contributed by atoms with Crippen molar-refractivity contribution in [3.05, 3.63) is 97.1 Å². The Hall–Kier alpha value is -3.67. The molecule has 27 heavy (non-hydrogen) atoms. The van der Waals surface area contributed by atoms with Crippen LogP contribution in [0.15, 0.2) is 64.2 Å². The molecule has 0 unspecified atom stereocenters. The van der Waals surface area contributed by atoms with E-state index in [1.165, 1.54) is 6.92 Å². The van der Waals surface area contributed by atoms with Crippen LogP contribution in [0.25, 0.3) is 11.6 Å². The van der Waals surface area contributed by atoms with Crippen LogP contribution in [0.4, 0.5) is 5.69 Å². The standard InChI is InChI=1S/C21H19N3O3/c1-13(16-8-10-17(11-9-16)22-14(2)25)19-21(27)23-18(20(26)24-19)12-15-6-4-3-5-7-15/h3-12H,1-2H3,(H,22,25)(H,23,27)(H,24,26)/b18-12-,19-13-. The lowest BCUT2D eigenvalue weighted by molar-refractivity contribution is -0.114. The summed E-state index contributed by atoms with van der Waals surface area (Å²) in [5, 5.41) is 3.09. The zero-order valence-electron chi connectivity index (χ0n) is 15.0. The van der Waals surface area contributed by atoms with E-state index in [4.69, 9.17) is 0 Å². The molecule has 3 N–H and O–H groups in total. The minimum atomic E-state index is -0.375. The molecule has 6 nitrogen and oxygen atoms in total. The van der Waals surface area contributed by atoms with Gasteiger partial charge in [0, 0.05) is 12.6 Å². The molecule has 0 aliphatic carbocycles. The molecule has 3 aromatic rings. The zero-order valence-corrected chi connectivity index (χ0v) is 15.0. The highest BCUT2D eigenvalue weighted by Gasteiger charge is 2.03. The van der Waals surface area contributed by atoms with Crippen molar-refractivity contribution in [2.24, 2.45) is 0 Å². The van der Waals surface area contributed by atoms with Crippen molar-refractivity contribution in [2.45, 2.75) is 13.8 Å². The Labute approximate surface area is 154 Å². The maximum Gasteiger partial charge on any atom is 0.272 e. The maximum atomic E-state index is 12.5. The number of carbonyl (C=O) groups is 1. The molecule has 6 heteroatoms. The molecule has 0 aliphatic rings. The number of rotatable bonds is 3. The van der Waals surface area contributed by atoms with Gasteiger partial charge in [0.15, 0.2) is 0 Å². The van der Waals surface area contributed by atoms with Crippen molar-refractivity contribution in [2.75, 3.05) is 5.32 Å². The van der Waals surface area contributed by atoms with Crippen LogP contribution < -0.4 is 27.1 Å². The third kappa shape index (κ3) is 4.30. The van der Waals surface area contributed by atoms with E-state index in [-0.39, 0.29) is 27.7 Å². The number of aromatic nitrogens is 2.